The van der Waals surface area contributed by atoms with Gasteiger partial charge in [0.2, 0.25) is 0 Å². The lowest BCUT2D eigenvalue weighted by molar-refractivity contribution is -0.303. The molecular formula is C19H16F3N3O2. The Balaban J connectivity index is 2.22. The van der Waals surface area contributed by atoms with E-state index in [2.05, 4.69) is 15.4 Å². The molecule has 2 N–H and O–H groups in total. The van der Waals surface area contributed by atoms with Gasteiger partial charge in [0, 0.05) is 13.1 Å². The molecule has 0 saturated heterocycles. The smallest absolute Gasteiger partial charge is 0.369 e. The molecule has 2 aromatic carbocycles. The highest BCUT2D eigenvalue weighted by Gasteiger charge is 2.36. The summed E-state index contributed by atoms with van der Waals surface area (Å²) in [6.45, 7) is 0.394. The Morgan fingerprint density at radius 2 is 1.37 bits per heavy atom. The van der Waals surface area contributed by atoms with Crippen molar-refractivity contribution in [2.75, 3.05) is 0 Å². The fourth-order valence-corrected chi connectivity index (χ4v) is 2.17. The second-order valence-electron chi connectivity index (χ2n) is 5.38. The van der Waals surface area contributed by atoms with Crippen LogP contribution in [0.4, 0.5) is 13.2 Å². The number of alkyl halides is 3. The van der Waals surface area contributed by atoms with Gasteiger partial charge in [0.15, 0.2) is 5.57 Å². The number of hydrogen-bond donors (Lipinski definition) is 2. The Kier molecular flexibility index (Phi) is 6.83. The monoisotopic (exact) mass is 375 g/mol. The molecule has 0 bridgehead atoms. The average molecular weight is 375 g/mol. The lowest BCUT2D eigenvalue weighted by atomic mass is 10.2. The maximum atomic E-state index is 12.4. The van der Waals surface area contributed by atoms with Crippen molar-refractivity contribution in [2.45, 2.75) is 19.5 Å². The van der Waals surface area contributed by atoms with Crippen LogP contribution in [0.1, 0.15) is 11.1 Å². The number of nitrogens with zero attached hydrogens (tertiary/aromatic N) is 1. The maximum absolute atomic E-state index is 12.4. The molecule has 2 rings (SSSR count). The van der Waals surface area contributed by atoms with Crippen molar-refractivity contribution in [3.63, 3.8) is 0 Å². The summed E-state index contributed by atoms with van der Waals surface area (Å²) in [7, 11) is 0. The summed E-state index contributed by atoms with van der Waals surface area (Å²) in [5.74, 6) is -1.92. The first-order valence-corrected chi connectivity index (χ1v) is 7.89. The van der Waals surface area contributed by atoms with Crippen LogP contribution in [0, 0.1) is 11.3 Å². The van der Waals surface area contributed by atoms with E-state index in [4.69, 9.17) is 0 Å². The summed E-state index contributed by atoms with van der Waals surface area (Å²) in [4.78, 5) is 11.8. The number of esters is 1. The Morgan fingerprint density at radius 1 is 0.926 bits per heavy atom. The molecule has 0 atom stereocenters. The molecule has 0 aliphatic rings. The number of carbonyl (C=O) groups is 1. The number of nitrogens with one attached hydrogen (secondary N) is 2. The normalized spacial score (nSPS) is 10.4. The summed E-state index contributed by atoms with van der Waals surface area (Å²) in [5.41, 5.74) is 0.843. The van der Waals surface area contributed by atoms with Gasteiger partial charge in [-0.2, -0.15) is 5.26 Å². The third kappa shape index (κ3) is 6.74. The number of hydrogen-bond acceptors (Lipinski definition) is 5. The van der Waals surface area contributed by atoms with Crippen molar-refractivity contribution in [3.8, 4) is 6.07 Å². The molecule has 0 saturated carbocycles. The number of nitriles is 1. The molecule has 0 aliphatic carbocycles. The zero-order valence-corrected chi connectivity index (χ0v) is 14.1. The van der Waals surface area contributed by atoms with E-state index in [1.807, 2.05) is 12.1 Å². The van der Waals surface area contributed by atoms with Gasteiger partial charge in [0.05, 0.1) is 0 Å². The van der Waals surface area contributed by atoms with E-state index < -0.39 is 17.9 Å². The Labute approximate surface area is 154 Å². The third-order valence-corrected chi connectivity index (χ3v) is 3.40. The molecule has 5 nitrogen and oxygen atoms in total. The quantitative estimate of drug-likeness (QED) is 0.441. The first-order valence-electron chi connectivity index (χ1n) is 7.89. The lowest BCUT2D eigenvalue weighted by Gasteiger charge is -2.16. The van der Waals surface area contributed by atoms with Crippen LogP contribution in [-0.4, -0.2) is 12.3 Å². The molecule has 0 aliphatic heterocycles. The molecule has 140 valence electrons. The lowest BCUT2D eigenvalue weighted by Crippen LogP contribution is -2.31. The van der Waals surface area contributed by atoms with E-state index in [-0.39, 0.29) is 18.9 Å². The molecule has 0 radical (unpaired) electrons. The summed E-state index contributed by atoms with van der Waals surface area (Å²) in [6.07, 6.45) is -5.18. The van der Waals surface area contributed by atoms with Crippen molar-refractivity contribution in [1.82, 2.24) is 10.6 Å². The van der Waals surface area contributed by atoms with E-state index in [1.54, 1.807) is 48.5 Å². The summed E-state index contributed by atoms with van der Waals surface area (Å²) < 4.78 is 40.4. The van der Waals surface area contributed by atoms with Crippen LogP contribution in [0.15, 0.2) is 72.1 Å². The zero-order valence-electron chi connectivity index (χ0n) is 14.1. The van der Waals surface area contributed by atoms with Gasteiger partial charge < -0.3 is 15.4 Å². The first-order chi connectivity index (χ1) is 12.9. The van der Waals surface area contributed by atoms with Crippen LogP contribution < -0.4 is 10.6 Å². The van der Waals surface area contributed by atoms with Crippen LogP contribution in [-0.2, 0) is 22.6 Å². The van der Waals surface area contributed by atoms with Gasteiger partial charge in [-0.25, -0.2) is 4.79 Å². The van der Waals surface area contributed by atoms with Crippen LogP contribution >= 0.6 is 0 Å². The molecule has 27 heavy (non-hydrogen) atoms. The third-order valence-electron chi connectivity index (χ3n) is 3.40. The van der Waals surface area contributed by atoms with Crippen LogP contribution in [0.5, 0.6) is 0 Å². The Bertz CT molecular complexity index is 783. The Morgan fingerprint density at radius 3 is 1.74 bits per heavy atom. The number of benzene rings is 2. The van der Waals surface area contributed by atoms with Gasteiger partial charge in [-0.3, -0.25) is 0 Å². The topological polar surface area (TPSA) is 74.2 Å². The molecule has 0 fully saturated rings. The predicted octanol–water partition coefficient (Wildman–Crippen LogP) is 3.36. The fraction of sp³-hybridized carbons (Fsp3) is 0.158. The number of halogens is 3. The average Bonchev–Trinajstić information content (AvgIpc) is 2.64. The minimum Gasteiger partial charge on any atom is -0.369 e. The Hall–Kier alpha value is -3.47. The van der Waals surface area contributed by atoms with Gasteiger partial charge in [-0.15, -0.1) is 13.2 Å². The van der Waals surface area contributed by atoms with Gasteiger partial charge >= 0.3 is 12.3 Å². The number of rotatable bonds is 7. The molecule has 8 heteroatoms. The molecule has 0 unspecified atom stereocenters. The second-order valence-corrected chi connectivity index (χ2v) is 5.38. The molecule has 0 aromatic heterocycles. The van der Waals surface area contributed by atoms with Crippen LogP contribution in [0.2, 0.25) is 0 Å². The molecule has 0 amide bonds. The summed E-state index contributed by atoms with van der Waals surface area (Å²) in [5, 5.41) is 14.8. The summed E-state index contributed by atoms with van der Waals surface area (Å²) in [6, 6.07) is 19.5. The fourth-order valence-electron chi connectivity index (χ4n) is 2.17. The first kappa shape index (κ1) is 19.8. The van der Waals surface area contributed by atoms with Crippen molar-refractivity contribution in [3.05, 3.63) is 83.2 Å². The van der Waals surface area contributed by atoms with Crippen molar-refractivity contribution >= 4 is 5.97 Å². The molecule has 2 aromatic rings. The van der Waals surface area contributed by atoms with Crippen molar-refractivity contribution in [2.24, 2.45) is 0 Å². The highest BCUT2D eigenvalue weighted by molar-refractivity contribution is 5.93. The van der Waals surface area contributed by atoms with E-state index in [9.17, 15) is 23.2 Å². The van der Waals surface area contributed by atoms with Crippen LogP contribution in [0.3, 0.4) is 0 Å². The largest absolute Gasteiger partial charge is 0.575 e. The highest BCUT2D eigenvalue weighted by atomic mass is 19.4. The summed E-state index contributed by atoms with van der Waals surface area (Å²) >= 11 is 0. The standard InChI is InChI=1S/C19H16F3N3O2/c20-19(21,22)27-18(26)16(11-23)17(24-12-14-7-3-1-4-8-14)25-13-15-9-5-2-6-10-15/h1-10,24-25H,12-13H2. The number of ether oxygens (including phenoxy) is 1. The minimum atomic E-state index is -5.18. The number of carbonyl (C=O) groups excluding carboxylic acids is 1. The van der Waals surface area contributed by atoms with E-state index in [1.165, 1.54) is 6.07 Å². The SMILES string of the molecule is N#CC(C(=O)OC(F)(F)F)=C(NCc1ccccc1)NCc1ccccc1. The van der Waals surface area contributed by atoms with E-state index in [0.717, 1.165) is 11.1 Å². The molecular weight excluding hydrogens is 359 g/mol. The zero-order chi connectivity index (χ0) is 19.7. The second kappa shape index (κ2) is 9.29. The minimum absolute atomic E-state index is 0.139. The van der Waals surface area contributed by atoms with Crippen molar-refractivity contribution in [1.29, 1.82) is 5.26 Å². The predicted molar refractivity (Wildman–Crippen MR) is 91.3 cm³/mol. The van der Waals surface area contributed by atoms with E-state index >= 15 is 0 Å². The van der Waals surface area contributed by atoms with Gasteiger partial charge in [0.25, 0.3) is 0 Å². The molecule has 0 heterocycles. The van der Waals surface area contributed by atoms with Gasteiger partial charge in [-0.1, -0.05) is 60.7 Å². The molecule has 0 spiro atoms. The van der Waals surface area contributed by atoms with Crippen LogP contribution in [0.25, 0.3) is 0 Å². The maximum Gasteiger partial charge on any atom is 0.575 e. The van der Waals surface area contributed by atoms with Gasteiger partial charge in [-0.05, 0) is 11.1 Å². The highest BCUT2D eigenvalue weighted by Crippen LogP contribution is 2.19. The van der Waals surface area contributed by atoms with Gasteiger partial charge in [0.1, 0.15) is 11.9 Å². The van der Waals surface area contributed by atoms with E-state index in [0.29, 0.717) is 0 Å². The van der Waals surface area contributed by atoms with Crippen molar-refractivity contribution < 1.29 is 22.7 Å².